The summed E-state index contributed by atoms with van der Waals surface area (Å²) in [5, 5.41) is 0. The second-order valence-electron chi connectivity index (χ2n) is 7.08. The number of hydrogen-bond donors (Lipinski definition) is 0. The third-order valence-electron chi connectivity index (χ3n) is 5.36. The molecule has 1 atom stereocenters. The standard InChI is InChI=1S/C25H21BrN2O5/c1-30-21-12-17(13-22(31-2)24(21)26)20-8-9-23(33-20)25(15-29,32-3)18-6-4-16(5-7-18)19-14-27-10-11-28-19/h4-15H,1-3H3. The molecule has 0 spiro atoms. The topological polar surface area (TPSA) is 83.7 Å². The van der Waals surface area contributed by atoms with Gasteiger partial charge in [-0.05, 0) is 45.8 Å². The molecule has 0 aliphatic rings. The number of carbonyl (C=O) groups is 1. The van der Waals surface area contributed by atoms with Crippen molar-refractivity contribution in [1.82, 2.24) is 9.97 Å². The zero-order chi connectivity index (χ0) is 23.4. The summed E-state index contributed by atoms with van der Waals surface area (Å²) in [6, 6.07) is 14.5. The van der Waals surface area contributed by atoms with E-state index in [1.54, 1.807) is 44.9 Å². The summed E-state index contributed by atoms with van der Waals surface area (Å²) < 4.78 is 23.4. The summed E-state index contributed by atoms with van der Waals surface area (Å²) in [4.78, 5) is 20.8. The first-order valence-corrected chi connectivity index (χ1v) is 10.8. The zero-order valence-corrected chi connectivity index (χ0v) is 19.8. The summed E-state index contributed by atoms with van der Waals surface area (Å²) in [7, 11) is 4.62. The molecule has 4 aromatic rings. The molecule has 0 saturated heterocycles. The highest BCUT2D eigenvalue weighted by Gasteiger charge is 2.38. The van der Waals surface area contributed by atoms with Gasteiger partial charge in [-0.3, -0.25) is 14.8 Å². The fraction of sp³-hybridized carbons (Fsp3) is 0.160. The number of carbonyl (C=O) groups excluding carboxylic acids is 1. The number of aldehydes is 1. The third kappa shape index (κ3) is 4.15. The van der Waals surface area contributed by atoms with Crippen molar-refractivity contribution in [2.45, 2.75) is 5.60 Å². The zero-order valence-electron chi connectivity index (χ0n) is 18.2. The molecule has 0 saturated carbocycles. The lowest BCUT2D eigenvalue weighted by Gasteiger charge is -2.25. The van der Waals surface area contributed by atoms with Crippen LogP contribution in [0.2, 0.25) is 0 Å². The maximum absolute atomic E-state index is 12.4. The maximum Gasteiger partial charge on any atom is 0.205 e. The van der Waals surface area contributed by atoms with Crippen LogP contribution >= 0.6 is 15.9 Å². The predicted molar refractivity (Wildman–Crippen MR) is 126 cm³/mol. The van der Waals surface area contributed by atoms with Gasteiger partial charge in [0.25, 0.3) is 0 Å². The molecule has 0 bridgehead atoms. The molecule has 1 unspecified atom stereocenters. The molecule has 0 aliphatic heterocycles. The molecule has 0 fully saturated rings. The van der Waals surface area contributed by atoms with Crippen LogP contribution < -0.4 is 9.47 Å². The molecule has 2 aromatic carbocycles. The Morgan fingerprint density at radius 1 is 0.939 bits per heavy atom. The van der Waals surface area contributed by atoms with Crippen molar-refractivity contribution < 1.29 is 23.4 Å². The highest BCUT2D eigenvalue weighted by molar-refractivity contribution is 9.10. The highest BCUT2D eigenvalue weighted by Crippen LogP contribution is 2.41. The largest absolute Gasteiger partial charge is 0.495 e. The van der Waals surface area contributed by atoms with Crippen molar-refractivity contribution in [3.63, 3.8) is 0 Å². The molecule has 0 radical (unpaired) electrons. The molecule has 2 aromatic heterocycles. The van der Waals surface area contributed by atoms with Gasteiger partial charge in [-0.15, -0.1) is 0 Å². The van der Waals surface area contributed by atoms with E-state index in [9.17, 15) is 4.79 Å². The second-order valence-corrected chi connectivity index (χ2v) is 7.88. The van der Waals surface area contributed by atoms with Gasteiger partial charge < -0.3 is 18.6 Å². The number of hydrogen-bond acceptors (Lipinski definition) is 7. The molecule has 168 valence electrons. The number of benzene rings is 2. The Morgan fingerprint density at radius 3 is 2.18 bits per heavy atom. The summed E-state index contributed by atoms with van der Waals surface area (Å²) in [6.45, 7) is 0. The molecule has 4 rings (SSSR count). The minimum atomic E-state index is -1.41. The highest BCUT2D eigenvalue weighted by atomic mass is 79.9. The van der Waals surface area contributed by atoms with E-state index in [0.29, 0.717) is 33.1 Å². The Kier molecular flexibility index (Phi) is 6.57. The van der Waals surface area contributed by atoms with Gasteiger partial charge in [0.05, 0.1) is 26.1 Å². The molecule has 0 aliphatic carbocycles. The van der Waals surface area contributed by atoms with Crippen LogP contribution in [0.4, 0.5) is 0 Å². The van der Waals surface area contributed by atoms with Gasteiger partial charge in [0.15, 0.2) is 6.29 Å². The lowest BCUT2D eigenvalue weighted by atomic mass is 9.91. The fourth-order valence-electron chi connectivity index (χ4n) is 3.58. The van der Waals surface area contributed by atoms with Crippen LogP contribution in [0.5, 0.6) is 11.5 Å². The smallest absolute Gasteiger partial charge is 0.205 e. The van der Waals surface area contributed by atoms with Crippen LogP contribution in [-0.2, 0) is 15.1 Å². The Bertz CT molecular complexity index is 1230. The van der Waals surface area contributed by atoms with E-state index in [1.807, 2.05) is 36.4 Å². The molecule has 0 N–H and O–H groups in total. The first-order valence-electron chi connectivity index (χ1n) is 9.97. The Labute approximate surface area is 199 Å². The number of nitrogens with zero attached hydrogens (tertiary/aromatic N) is 2. The maximum atomic E-state index is 12.4. The van der Waals surface area contributed by atoms with E-state index < -0.39 is 5.60 Å². The van der Waals surface area contributed by atoms with E-state index in [0.717, 1.165) is 23.1 Å². The van der Waals surface area contributed by atoms with Gasteiger partial charge >= 0.3 is 0 Å². The monoisotopic (exact) mass is 508 g/mol. The van der Waals surface area contributed by atoms with E-state index >= 15 is 0 Å². The van der Waals surface area contributed by atoms with Gasteiger partial charge in [-0.2, -0.15) is 0 Å². The van der Waals surface area contributed by atoms with Gasteiger partial charge in [-0.25, -0.2) is 0 Å². The van der Waals surface area contributed by atoms with Crippen LogP contribution in [0, 0.1) is 0 Å². The number of furan rings is 1. The van der Waals surface area contributed by atoms with Crippen molar-refractivity contribution in [3.8, 4) is 34.1 Å². The van der Waals surface area contributed by atoms with Crippen molar-refractivity contribution in [3.05, 3.63) is 82.9 Å². The third-order valence-corrected chi connectivity index (χ3v) is 6.14. The summed E-state index contributed by atoms with van der Waals surface area (Å²) >= 11 is 3.47. The number of ether oxygens (including phenoxy) is 3. The quantitative estimate of drug-likeness (QED) is 0.299. The predicted octanol–water partition coefficient (Wildman–Crippen LogP) is 5.27. The van der Waals surface area contributed by atoms with Crippen LogP contribution in [-0.4, -0.2) is 37.6 Å². The molecular formula is C25H21BrN2O5. The first kappa shape index (κ1) is 22.7. The van der Waals surface area contributed by atoms with Crippen molar-refractivity contribution in [2.24, 2.45) is 0 Å². The van der Waals surface area contributed by atoms with Crippen LogP contribution in [0.1, 0.15) is 11.3 Å². The molecule has 2 heterocycles. The summed E-state index contributed by atoms with van der Waals surface area (Å²) in [5.74, 6) is 2.07. The van der Waals surface area contributed by atoms with Gasteiger partial charge in [0.1, 0.15) is 27.5 Å². The number of halogens is 1. The number of rotatable bonds is 8. The molecule has 33 heavy (non-hydrogen) atoms. The van der Waals surface area contributed by atoms with Crippen molar-refractivity contribution in [1.29, 1.82) is 0 Å². The van der Waals surface area contributed by atoms with Crippen LogP contribution in [0.3, 0.4) is 0 Å². The molecule has 0 amide bonds. The lowest BCUT2D eigenvalue weighted by molar-refractivity contribution is -0.125. The minimum absolute atomic E-state index is 0.350. The number of methoxy groups -OCH3 is 3. The lowest BCUT2D eigenvalue weighted by Crippen LogP contribution is -2.31. The average molecular weight is 509 g/mol. The normalized spacial score (nSPS) is 12.7. The summed E-state index contributed by atoms with van der Waals surface area (Å²) in [6.07, 6.45) is 5.66. The first-order chi connectivity index (χ1) is 16.1. The number of aromatic nitrogens is 2. The van der Waals surface area contributed by atoms with E-state index in [1.165, 1.54) is 7.11 Å². The Hall–Kier alpha value is -3.49. The Morgan fingerprint density at radius 2 is 1.64 bits per heavy atom. The van der Waals surface area contributed by atoms with E-state index in [4.69, 9.17) is 18.6 Å². The van der Waals surface area contributed by atoms with Gasteiger partial charge in [-0.1, -0.05) is 24.3 Å². The summed E-state index contributed by atoms with van der Waals surface area (Å²) in [5.41, 5.74) is 1.54. The van der Waals surface area contributed by atoms with Crippen LogP contribution in [0.15, 0.2) is 76.0 Å². The molecule has 7 nitrogen and oxygen atoms in total. The fourth-order valence-corrected chi connectivity index (χ4v) is 4.13. The van der Waals surface area contributed by atoms with Gasteiger partial charge in [0.2, 0.25) is 5.60 Å². The van der Waals surface area contributed by atoms with Crippen molar-refractivity contribution in [2.75, 3.05) is 21.3 Å². The van der Waals surface area contributed by atoms with E-state index in [-0.39, 0.29) is 0 Å². The van der Waals surface area contributed by atoms with E-state index in [2.05, 4.69) is 25.9 Å². The average Bonchev–Trinajstić information content (AvgIpc) is 3.37. The van der Waals surface area contributed by atoms with Crippen molar-refractivity contribution >= 4 is 22.2 Å². The SMILES string of the molecule is COc1cc(-c2ccc(C(C=O)(OC)c3ccc(-c4cnccn4)cc3)o2)cc(OC)c1Br. The molecular weight excluding hydrogens is 488 g/mol. The van der Waals surface area contributed by atoms with Crippen LogP contribution in [0.25, 0.3) is 22.6 Å². The van der Waals surface area contributed by atoms with Gasteiger partial charge in [0, 0.05) is 30.6 Å². The second kappa shape index (κ2) is 9.56. The molecule has 8 heteroatoms. The minimum Gasteiger partial charge on any atom is -0.495 e. The Balaban J connectivity index is 1.74.